The number of ether oxygens (including phenoxy) is 1. The summed E-state index contributed by atoms with van der Waals surface area (Å²) in [6, 6.07) is 11.4. The van der Waals surface area contributed by atoms with Crippen LogP contribution in [-0.2, 0) is 10.3 Å². The molecule has 2 aliphatic heterocycles. The van der Waals surface area contributed by atoms with Gasteiger partial charge in [-0.15, -0.1) is 11.8 Å². The van der Waals surface area contributed by atoms with Gasteiger partial charge in [0.25, 0.3) is 0 Å². The van der Waals surface area contributed by atoms with Crippen LogP contribution in [0.25, 0.3) is 0 Å². The van der Waals surface area contributed by atoms with Crippen molar-refractivity contribution in [1.82, 2.24) is 0 Å². The lowest BCUT2D eigenvalue weighted by molar-refractivity contribution is 0.100. The fourth-order valence-corrected chi connectivity index (χ4v) is 5.57. The Kier molecular flexibility index (Phi) is 5.42. The molecule has 3 atom stereocenters. The van der Waals surface area contributed by atoms with Gasteiger partial charge in [0.05, 0.1) is 28.6 Å². The molecule has 0 N–H and O–H groups in total. The molecule has 0 aromatic heterocycles. The van der Waals surface area contributed by atoms with Crippen LogP contribution in [0.1, 0.15) is 29.3 Å². The first-order valence-corrected chi connectivity index (χ1v) is 10.7. The molecule has 4 rings (SSSR count). The molecule has 0 aliphatic carbocycles. The molecule has 146 valence electrons. The third kappa shape index (κ3) is 3.44. The second kappa shape index (κ2) is 7.69. The summed E-state index contributed by atoms with van der Waals surface area (Å²) in [6.45, 7) is 2.15. The summed E-state index contributed by atoms with van der Waals surface area (Å²) in [5.74, 6) is -0.730. The van der Waals surface area contributed by atoms with E-state index in [2.05, 4.69) is 15.9 Å². The van der Waals surface area contributed by atoms with E-state index in [1.54, 1.807) is 12.1 Å². The van der Waals surface area contributed by atoms with Crippen LogP contribution in [0.3, 0.4) is 0 Å². The van der Waals surface area contributed by atoms with Crippen LogP contribution in [0.5, 0.6) is 0 Å². The maximum absolute atomic E-state index is 14.8. The fraction of sp³-hybridized carbons (Fsp3) is 0.333. The van der Waals surface area contributed by atoms with Gasteiger partial charge >= 0.3 is 0 Å². The largest absolute Gasteiger partial charge is 0.375 e. The van der Waals surface area contributed by atoms with E-state index in [0.717, 1.165) is 6.07 Å². The SMILES string of the molecule is C[C@H]1OCC2(c3cc(Br)c(F)cc3F)N=C(CC(=O)c3ccccc3)SC[C@H]12. The second-order valence-corrected chi connectivity index (χ2v) is 9.02. The number of nitrogens with zero attached hydrogens (tertiary/aromatic N) is 1. The van der Waals surface area contributed by atoms with Crippen molar-refractivity contribution < 1.29 is 18.3 Å². The van der Waals surface area contributed by atoms with Crippen molar-refractivity contribution in [1.29, 1.82) is 0 Å². The molecule has 2 aliphatic rings. The first kappa shape index (κ1) is 19.7. The van der Waals surface area contributed by atoms with E-state index in [4.69, 9.17) is 9.73 Å². The zero-order valence-electron chi connectivity index (χ0n) is 15.1. The number of Topliss-reactive ketones (excluding diaryl/α,β-unsaturated/α-hetero) is 1. The number of carbonyl (C=O) groups is 1. The summed E-state index contributed by atoms with van der Waals surface area (Å²) < 4.78 is 34.6. The minimum Gasteiger partial charge on any atom is -0.375 e. The predicted molar refractivity (Wildman–Crippen MR) is 110 cm³/mol. The molecule has 3 nitrogen and oxygen atoms in total. The number of halogens is 3. The highest BCUT2D eigenvalue weighted by atomic mass is 79.9. The molecule has 0 radical (unpaired) electrons. The Labute approximate surface area is 174 Å². The highest BCUT2D eigenvalue weighted by Gasteiger charge is 2.53. The molecule has 2 heterocycles. The normalized spacial score (nSPS) is 26.6. The molecule has 7 heteroatoms. The van der Waals surface area contributed by atoms with Gasteiger partial charge in [0.15, 0.2) is 5.78 Å². The van der Waals surface area contributed by atoms with Crippen molar-refractivity contribution in [3.63, 3.8) is 0 Å². The van der Waals surface area contributed by atoms with Crippen LogP contribution in [0, 0.1) is 17.6 Å². The van der Waals surface area contributed by atoms with E-state index in [1.807, 2.05) is 25.1 Å². The number of aliphatic imine (C=N–C) groups is 1. The highest BCUT2D eigenvalue weighted by molar-refractivity contribution is 9.10. The van der Waals surface area contributed by atoms with Gasteiger partial charge in [-0.1, -0.05) is 30.3 Å². The van der Waals surface area contributed by atoms with Crippen molar-refractivity contribution in [3.05, 3.63) is 69.7 Å². The molecule has 0 spiro atoms. The summed E-state index contributed by atoms with van der Waals surface area (Å²) in [4.78, 5) is 17.5. The smallest absolute Gasteiger partial charge is 0.169 e. The van der Waals surface area contributed by atoms with Crippen molar-refractivity contribution >= 4 is 38.5 Å². The van der Waals surface area contributed by atoms with E-state index in [1.165, 1.54) is 17.8 Å². The van der Waals surface area contributed by atoms with Crippen LogP contribution >= 0.6 is 27.7 Å². The molecule has 0 bridgehead atoms. The molecule has 1 unspecified atom stereocenters. The van der Waals surface area contributed by atoms with Crippen molar-refractivity contribution in [3.8, 4) is 0 Å². The van der Waals surface area contributed by atoms with Gasteiger partial charge in [-0.3, -0.25) is 9.79 Å². The molecule has 0 amide bonds. The van der Waals surface area contributed by atoms with Gasteiger partial charge in [0, 0.05) is 28.9 Å². The van der Waals surface area contributed by atoms with Crippen LogP contribution in [0.4, 0.5) is 8.78 Å². The van der Waals surface area contributed by atoms with Crippen molar-refractivity contribution in [2.75, 3.05) is 12.4 Å². The van der Waals surface area contributed by atoms with Crippen LogP contribution in [0.15, 0.2) is 51.9 Å². The Morgan fingerprint density at radius 2 is 2.04 bits per heavy atom. The lowest BCUT2D eigenvalue weighted by atomic mass is 9.79. The molecular weight excluding hydrogens is 448 g/mol. The third-order valence-electron chi connectivity index (χ3n) is 5.38. The Hall–Kier alpha value is -1.57. The highest BCUT2D eigenvalue weighted by Crippen LogP contribution is 2.49. The van der Waals surface area contributed by atoms with E-state index in [-0.39, 0.29) is 35.3 Å². The fourth-order valence-electron chi connectivity index (χ4n) is 3.85. The zero-order valence-corrected chi connectivity index (χ0v) is 17.5. The standard InChI is InChI=1S/C21H18BrF2NO2S/c1-12-15-10-28-20(9-19(26)13-5-3-2-4-6-13)25-21(15,11-27-12)14-7-16(22)18(24)8-17(14)23/h2-8,12,15H,9-11H2,1H3/t12-,15-,21?/m1/s1. The number of benzene rings is 2. The first-order valence-electron chi connectivity index (χ1n) is 8.97. The monoisotopic (exact) mass is 465 g/mol. The summed E-state index contributed by atoms with van der Waals surface area (Å²) in [7, 11) is 0. The Morgan fingerprint density at radius 3 is 2.79 bits per heavy atom. The summed E-state index contributed by atoms with van der Waals surface area (Å²) in [6.07, 6.45) is 0.0486. The van der Waals surface area contributed by atoms with Crippen molar-refractivity contribution in [2.45, 2.75) is 25.0 Å². The Morgan fingerprint density at radius 1 is 1.29 bits per heavy atom. The maximum atomic E-state index is 14.8. The van der Waals surface area contributed by atoms with Crippen molar-refractivity contribution in [2.24, 2.45) is 10.9 Å². The van der Waals surface area contributed by atoms with E-state index in [9.17, 15) is 13.6 Å². The number of hydrogen-bond acceptors (Lipinski definition) is 4. The van der Waals surface area contributed by atoms with Gasteiger partial charge in [-0.25, -0.2) is 8.78 Å². The lowest BCUT2D eigenvalue weighted by Crippen LogP contribution is -2.40. The molecule has 1 fully saturated rings. The topological polar surface area (TPSA) is 38.7 Å². The van der Waals surface area contributed by atoms with Gasteiger partial charge < -0.3 is 4.74 Å². The molecular formula is C21H18BrF2NO2S. The van der Waals surface area contributed by atoms with Crippen LogP contribution in [0.2, 0.25) is 0 Å². The molecule has 2 aromatic carbocycles. The number of fused-ring (bicyclic) bond motifs is 1. The average Bonchev–Trinajstić information content (AvgIpc) is 3.02. The summed E-state index contributed by atoms with van der Waals surface area (Å²) in [5.41, 5.74) is -0.0223. The number of thioether (sulfide) groups is 1. The predicted octanol–water partition coefficient (Wildman–Crippen LogP) is 5.38. The maximum Gasteiger partial charge on any atom is 0.169 e. The Balaban J connectivity index is 1.73. The quantitative estimate of drug-likeness (QED) is 0.449. The number of rotatable bonds is 4. The molecule has 28 heavy (non-hydrogen) atoms. The van der Waals surface area contributed by atoms with Gasteiger partial charge in [-0.05, 0) is 28.9 Å². The summed E-state index contributed by atoms with van der Waals surface area (Å²) in [5, 5.41) is 0.655. The van der Waals surface area contributed by atoms with Gasteiger partial charge in [0.2, 0.25) is 0 Å². The summed E-state index contributed by atoms with van der Waals surface area (Å²) >= 11 is 4.67. The average molecular weight is 466 g/mol. The lowest BCUT2D eigenvalue weighted by Gasteiger charge is -2.36. The first-order chi connectivity index (χ1) is 13.4. The zero-order chi connectivity index (χ0) is 19.9. The van der Waals surface area contributed by atoms with Crippen LogP contribution in [-0.4, -0.2) is 29.3 Å². The molecule has 2 aromatic rings. The van der Waals surface area contributed by atoms with E-state index in [0.29, 0.717) is 21.9 Å². The number of ketones is 1. The number of hydrogen-bond donors (Lipinski definition) is 0. The van der Waals surface area contributed by atoms with Gasteiger partial charge in [0.1, 0.15) is 17.2 Å². The third-order valence-corrected chi connectivity index (χ3v) is 7.09. The minimum absolute atomic E-state index is 0.0341. The van der Waals surface area contributed by atoms with E-state index >= 15 is 0 Å². The Bertz CT molecular complexity index is 953. The van der Waals surface area contributed by atoms with Gasteiger partial charge in [-0.2, -0.15) is 0 Å². The van der Waals surface area contributed by atoms with E-state index < -0.39 is 17.2 Å². The molecule has 1 saturated heterocycles. The number of carbonyl (C=O) groups excluding carboxylic acids is 1. The second-order valence-electron chi connectivity index (χ2n) is 7.08. The minimum atomic E-state index is -0.947. The molecule has 0 saturated carbocycles. The van der Waals surface area contributed by atoms with Crippen LogP contribution < -0.4 is 0 Å².